The molecule has 0 radical (unpaired) electrons. The number of carbonyl (C=O) groups is 2. The number of hydrogen-bond acceptors (Lipinski definition) is 5. The number of ether oxygens (including phenoxy) is 1. The molecule has 0 aliphatic carbocycles. The van der Waals surface area contributed by atoms with Gasteiger partial charge in [-0.1, -0.05) is 40.9 Å². The van der Waals surface area contributed by atoms with E-state index in [9.17, 15) is 18.0 Å². The third-order valence-corrected chi connectivity index (χ3v) is 7.13. The fourth-order valence-corrected chi connectivity index (χ4v) is 4.91. The van der Waals surface area contributed by atoms with Crippen molar-refractivity contribution in [1.82, 2.24) is 0 Å². The number of halogens is 3. The lowest BCUT2D eigenvalue weighted by Gasteiger charge is -2.24. The maximum Gasteiger partial charge on any atom is 0.338 e. The molecule has 7 nitrogen and oxygen atoms in total. The largest absolute Gasteiger partial charge is 0.462 e. The van der Waals surface area contributed by atoms with Crippen LogP contribution >= 0.6 is 34.8 Å². The minimum absolute atomic E-state index is 0.0542. The Kier molecular flexibility index (Phi) is 8.43. The number of anilines is 2. The molecule has 3 rings (SSSR count). The first kappa shape index (κ1) is 25.8. The average molecular weight is 542 g/mol. The van der Waals surface area contributed by atoms with Crippen LogP contribution in [-0.4, -0.2) is 33.4 Å². The Hall–Kier alpha value is -2.78. The third kappa shape index (κ3) is 6.21. The van der Waals surface area contributed by atoms with E-state index in [4.69, 9.17) is 39.5 Å². The molecule has 0 aliphatic rings. The lowest BCUT2D eigenvalue weighted by Crippen LogP contribution is -2.38. The molecule has 0 aliphatic heterocycles. The fourth-order valence-electron chi connectivity index (χ4n) is 2.96. The van der Waals surface area contributed by atoms with E-state index < -0.39 is 28.4 Å². The Labute approximate surface area is 212 Å². The van der Waals surface area contributed by atoms with Crippen LogP contribution in [0.15, 0.2) is 71.6 Å². The lowest BCUT2D eigenvalue weighted by atomic mass is 10.2. The Balaban J connectivity index is 1.89. The molecule has 0 saturated carbocycles. The maximum atomic E-state index is 13.4. The molecule has 0 saturated heterocycles. The topological polar surface area (TPSA) is 92.8 Å². The number of carbonyl (C=O) groups excluding carboxylic acids is 2. The van der Waals surface area contributed by atoms with E-state index in [-0.39, 0.29) is 33.5 Å². The van der Waals surface area contributed by atoms with E-state index in [1.165, 1.54) is 54.6 Å². The van der Waals surface area contributed by atoms with E-state index >= 15 is 0 Å². The van der Waals surface area contributed by atoms with Crippen LogP contribution in [0.4, 0.5) is 11.4 Å². The summed E-state index contributed by atoms with van der Waals surface area (Å²) in [6.07, 6.45) is 0. The third-order valence-electron chi connectivity index (χ3n) is 4.54. The van der Waals surface area contributed by atoms with Crippen LogP contribution in [0.1, 0.15) is 17.3 Å². The molecule has 0 aromatic heterocycles. The number of nitrogens with zero attached hydrogens (tertiary/aromatic N) is 1. The molecule has 0 spiro atoms. The summed E-state index contributed by atoms with van der Waals surface area (Å²) in [6, 6.07) is 15.9. The summed E-state index contributed by atoms with van der Waals surface area (Å²) < 4.78 is 32.6. The second kappa shape index (κ2) is 11.1. The lowest BCUT2D eigenvalue weighted by molar-refractivity contribution is -0.114. The molecular formula is C23H19Cl3N2O5S. The van der Waals surface area contributed by atoms with E-state index in [0.29, 0.717) is 10.0 Å². The van der Waals surface area contributed by atoms with Gasteiger partial charge >= 0.3 is 5.97 Å². The number of amides is 1. The molecule has 0 atom stereocenters. The van der Waals surface area contributed by atoms with Crippen molar-refractivity contribution < 1.29 is 22.7 Å². The first-order chi connectivity index (χ1) is 16.1. The van der Waals surface area contributed by atoms with Gasteiger partial charge in [-0.05, 0) is 67.6 Å². The van der Waals surface area contributed by atoms with Gasteiger partial charge in [-0.3, -0.25) is 9.10 Å². The number of benzene rings is 3. The van der Waals surface area contributed by atoms with Crippen molar-refractivity contribution in [1.29, 1.82) is 0 Å². The predicted octanol–water partition coefficient (Wildman–Crippen LogP) is 5.66. The zero-order chi connectivity index (χ0) is 24.9. The normalized spacial score (nSPS) is 11.1. The van der Waals surface area contributed by atoms with Crippen LogP contribution in [-0.2, 0) is 19.6 Å². The van der Waals surface area contributed by atoms with Gasteiger partial charge in [-0.25, -0.2) is 13.2 Å². The summed E-state index contributed by atoms with van der Waals surface area (Å²) in [5.41, 5.74) is 0.617. The van der Waals surface area contributed by atoms with Gasteiger partial charge in [0.25, 0.3) is 10.0 Å². The molecule has 11 heteroatoms. The van der Waals surface area contributed by atoms with Gasteiger partial charge in [0.2, 0.25) is 5.91 Å². The Bertz CT molecular complexity index is 1310. The summed E-state index contributed by atoms with van der Waals surface area (Å²) in [5, 5.41) is 3.33. The van der Waals surface area contributed by atoms with Crippen molar-refractivity contribution in [2.24, 2.45) is 0 Å². The standard InChI is InChI=1S/C23H19Cl3N2O5S/c1-2-33-23(30)15-6-11-21(20(26)12-15)27-22(29)14-28(18-5-3-4-17(25)13-18)34(31,32)19-9-7-16(24)8-10-19/h3-13H,2,14H2,1H3,(H,27,29). The molecule has 178 valence electrons. The molecule has 1 N–H and O–H groups in total. The van der Waals surface area contributed by atoms with Gasteiger partial charge in [-0.15, -0.1) is 0 Å². The molecule has 0 unspecified atom stereocenters. The number of hydrogen-bond donors (Lipinski definition) is 1. The van der Waals surface area contributed by atoms with Gasteiger partial charge in [0.15, 0.2) is 0 Å². The molecule has 3 aromatic rings. The Morgan fingerprint density at radius 2 is 1.65 bits per heavy atom. The van der Waals surface area contributed by atoms with E-state index in [0.717, 1.165) is 4.31 Å². The highest BCUT2D eigenvalue weighted by molar-refractivity contribution is 7.92. The summed E-state index contributed by atoms with van der Waals surface area (Å²) in [4.78, 5) is 24.7. The van der Waals surface area contributed by atoms with Crippen LogP contribution in [0.3, 0.4) is 0 Å². The molecular weight excluding hydrogens is 523 g/mol. The molecule has 0 heterocycles. The van der Waals surface area contributed by atoms with Crippen LogP contribution in [0.5, 0.6) is 0 Å². The number of nitrogens with one attached hydrogen (secondary N) is 1. The van der Waals surface area contributed by atoms with Crippen molar-refractivity contribution in [3.05, 3.63) is 87.4 Å². The number of rotatable bonds is 8. The Morgan fingerprint density at radius 1 is 0.941 bits per heavy atom. The molecule has 1 amide bonds. The highest BCUT2D eigenvalue weighted by atomic mass is 35.5. The second-order valence-electron chi connectivity index (χ2n) is 6.91. The van der Waals surface area contributed by atoms with Crippen LogP contribution in [0.25, 0.3) is 0 Å². The quantitative estimate of drug-likeness (QED) is 0.372. The van der Waals surface area contributed by atoms with Gasteiger partial charge in [0.05, 0.1) is 33.5 Å². The summed E-state index contributed by atoms with van der Waals surface area (Å²) >= 11 is 18.2. The minimum Gasteiger partial charge on any atom is -0.462 e. The van der Waals surface area contributed by atoms with E-state index in [2.05, 4.69) is 5.32 Å². The molecule has 0 bridgehead atoms. The highest BCUT2D eigenvalue weighted by Crippen LogP contribution is 2.28. The van der Waals surface area contributed by atoms with Crippen LogP contribution in [0, 0.1) is 0 Å². The maximum absolute atomic E-state index is 13.4. The molecule has 34 heavy (non-hydrogen) atoms. The minimum atomic E-state index is -4.15. The SMILES string of the molecule is CCOC(=O)c1ccc(NC(=O)CN(c2cccc(Cl)c2)S(=O)(=O)c2ccc(Cl)cc2)c(Cl)c1. The average Bonchev–Trinajstić information content (AvgIpc) is 2.79. The Morgan fingerprint density at radius 3 is 2.26 bits per heavy atom. The van der Waals surface area contributed by atoms with Crippen molar-refractivity contribution in [3.63, 3.8) is 0 Å². The zero-order valence-corrected chi connectivity index (χ0v) is 20.9. The summed E-state index contributed by atoms with van der Waals surface area (Å²) in [6.45, 7) is 1.31. The van der Waals surface area contributed by atoms with Gasteiger partial charge in [-0.2, -0.15) is 0 Å². The highest BCUT2D eigenvalue weighted by Gasteiger charge is 2.27. The van der Waals surface area contributed by atoms with Crippen molar-refractivity contribution in [2.45, 2.75) is 11.8 Å². The van der Waals surface area contributed by atoms with Gasteiger partial charge in [0.1, 0.15) is 6.54 Å². The van der Waals surface area contributed by atoms with Crippen molar-refractivity contribution in [3.8, 4) is 0 Å². The fraction of sp³-hybridized carbons (Fsp3) is 0.130. The smallest absolute Gasteiger partial charge is 0.338 e. The first-order valence-electron chi connectivity index (χ1n) is 9.92. The monoisotopic (exact) mass is 540 g/mol. The number of sulfonamides is 1. The predicted molar refractivity (Wildman–Crippen MR) is 133 cm³/mol. The summed E-state index contributed by atoms with van der Waals surface area (Å²) in [5.74, 6) is -1.22. The second-order valence-corrected chi connectivity index (χ2v) is 10.1. The van der Waals surface area contributed by atoms with Gasteiger partial charge in [0, 0.05) is 10.0 Å². The van der Waals surface area contributed by atoms with Crippen LogP contribution in [0.2, 0.25) is 15.1 Å². The van der Waals surface area contributed by atoms with Gasteiger partial charge < -0.3 is 10.1 Å². The summed E-state index contributed by atoms with van der Waals surface area (Å²) in [7, 11) is -4.15. The first-order valence-corrected chi connectivity index (χ1v) is 12.5. The molecule has 3 aromatic carbocycles. The van der Waals surface area contributed by atoms with Crippen LogP contribution < -0.4 is 9.62 Å². The number of esters is 1. The van der Waals surface area contributed by atoms with E-state index in [1.54, 1.807) is 19.1 Å². The van der Waals surface area contributed by atoms with Crippen molar-refractivity contribution >= 4 is 68.1 Å². The zero-order valence-electron chi connectivity index (χ0n) is 17.8. The van der Waals surface area contributed by atoms with E-state index in [1.807, 2.05) is 0 Å². The van der Waals surface area contributed by atoms with Crippen molar-refractivity contribution in [2.75, 3.05) is 22.8 Å². The molecule has 0 fully saturated rings.